The van der Waals surface area contributed by atoms with Gasteiger partial charge in [-0.1, -0.05) is 12.1 Å². The predicted octanol–water partition coefficient (Wildman–Crippen LogP) is 2.60. The number of piperidine rings is 1. The number of hydrogen-bond acceptors (Lipinski definition) is 7. The lowest BCUT2D eigenvalue weighted by Gasteiger charge is -2.40. The van der Waals surface area contributed by atoms with Crippen LogP contribution in [0, 0.1) is 5.92 Å². The molecule has 32 heavy (non-hydrogen) atoms. The largest absolute Gasteiger partial charge is 0.495 e. The van der Waals surface area contributed by atoms with Crippen LogP contribution in [0.2, 0.25) is 0 Å². The number of rotatable bonds is 4. The van der Waals surface area contributed by atoms with E-state index in [0.29, 0.717) is 5.65 Å². The Balaban J connectivity index is 1.23. The summed E-state index contributed by atoms with van der Waals surface area (Å²) in [5.41, 5.74) is 3.54. The lowest BCUT2D eigenvalue weighted by molar-refractivity contribution is -0.136. The number of carbonyl (C=O) groups excluding carboxylic acids is 1. The first-order valence-corrected chi connectivity index (χ1v) is 11.2. The van der Waals surface area contributed by atoms with Gasteiger partial charge >= 0.3 is 0 Å². The maximum atomic E-state index is 13.3. The number of nitrogens with zero attached hydrogens (tertiary/aromatic N) is 6. The normalized spacial score (nSPS) is 19.3. The SMILES string of the molecule is COc1ccccc1N1CCN(C(=O)C2CCCN(c3cnc4nccnc4c3)C2)CC1. The molecule has 2 fully saturated rings. The topological polar surface area (TPSA) is 74.7 Å². The highest BCUT2D eigenvalue weighted by Gasteiger charge is 2.31. The summed E-state index contributed by atoms with van der Waals surface area (Å²) in [5.74, 6) is 1.16. The van der Waals surface area contributed by atoms with Crippen molar-refractivity contribution in [3.63, 3.8) is 0 Å². The van der Waals surface area contributed by atoms with E-state index in [2.05, 4.69) is 30.8 Å². The molecule has 1 aromatic carbocycles. The second-order valence-corrected chi connectivity index (χ2v) is 8.36. The van der Waals surface area contributed by atoms with Crippen LogP contribution in [0.1, 0.15) is 12.8 Å². The molecular weight excluding hydrogens is 404 g/mol. The van der Waals surface area contributed by atoms with Crippen LogP contribution in [0.4, 0.5) is 11.4 Å². The third-order valence-electron chi connectivity index (χ3n) is 6.46. The lowest BCUT2D eigenvalue weighted by Crippen LogP contribution is -2.52. The zero-order valence-corrected chi connectivity index (χ0v) is 18.4. The van der Waals surface area contributed by atoms with Crippen molar-refractivity contribution < 1.29 is 9.53 Å². The molecule has 1 atom stereocenters. The van der Waals surface area contributed by atoms with Gasteiger partial charge in [0, 0.05) is 51.7 Å². The summed E-state index contributed by atoms with van der Waals surface area (Å²) in [6.07, 6.45) is 7.11. The molecule has 2 aliphatic heterocycles. The molecule has 2 aliphatic rings. The predicted molar refractivity (Wildman–Crippen MR) is 124 cm³/mol. The van der Waals surface area contributed by atoms with Crippen LogP contribution >= 0.6 is 0 Å². The maximum absolute atomic E-state index is 13.3. The minimum Gasteiger partial charge on any atom is -0.495 e. The number of aromatic nitrogens is 3. The van der Waals surface area contributed by atoms with Crippen molar-refractivity contribution in [3.05, 3.63) is 48.9 Å². The molecule has 1 amide bonds. The zero-order chi connectivity index (χ0) is 21.9. The van der Waals surface area contributed by atoms with Gasteiger partial charge in [0.05, 0.1) is 30.6 Å². The number of ether oxygens (including phenoxy) is 1. The number of methoxy groups -OCH3 is 1. The van der Waals surface area contributed by atoms with Crippen LogP contribution in [0.25, 0.3) is 11.2 Å². The van der Waals surface area contributed by atoms with Gasteiger partial charge in [0.1, 0.15) is 11.3 Å². The van der Waals surface area contributed by atoms with Crippen molar-refractivity contribution in [3.8, 4) is 5.75 Å². The van der Waals surface area contributed by atoms with Gasteiger partial charge in [0.15, 0.2) is 5.65 Å². The number of para-hydroxylation sites is 2. The molecule has 2 saturated heterocycles. The van der Waals surface area contributed by atoms with E-state index in [1.165, 1.54) is 0 Å². The Bertz CT molecular complexity index is 1100. The van der Waals surface area contributed by atoms with Gasteiger partial charge in [-0.2, -0.15) is 0 Å². The monoisotopic (exact) mass is 432 g/mol. The van der Waals surface area contributed by atoms with Gasteiger partial charge in [0.25, 0.3) is 0 Å². The van der Waals surface area contributed by atoms with E-state index in [1.807, 2.05) is 35.4 Å². The highest BCUT2D eigenvalue weighted by atomic mass is 16.5. The van der Waals surface area contributed by atoms with E-state index in [0.717, 1.165) is 74.8 Å². The van der Waals surface area contributed by atoms with Gasteiger partial charge < -0.3 is 19.4 Å². The number of hydrogen-bond donors (Lipinski definition) is 0. The highest BCUT2D eigenvalue weighted by molar-refractivity contribution is 5.81. The molecule has 0 N–H and O–H groups in total. The number of carbonyl (C=O) groups is 1. The first-order valence-electron chi connectivity index (χ1n) is 11.2. The second-order valence-electron chi connectivity index (χ2n) is 8.36. The third-order valence-corrected chi connectivity index (χ3v) is 6.46. The number of amides is 1. The maximum Gasteiger partial charge on any atom is 0.227 e. The summed E-state index contributed by atoms with van der Waals surface area (Å²) in [7, 11) is 1.70. The average molecular weight is 433 g/mol. The molecule has 2 aromatic heterocycles. The van der Waals surface area contributed by atoms with E-state index in [9.17, 15) is 4.79 Å². The Morgan fingerprint density at radius 3 is 2.66 bits per heavy atom. The Hall–Kier alpha value is -3.42. The van der Waals surface area contributed by atoms with Crippen LogP contribution in [-0.2, 0) is 4.79 Å². The smallest absolute Gasteiger partial charge is 0.227 e. The van der Waals surface area contributed by atoms with E-state index < -0.39 is 0 Å². The number of pyridine rings is 1. The molecular formula is C24H28N6O2. The first kappa shape index (κ1) is 20.5. The summed E-state index contributed by atoms with van der Waals surface area (Å²) in [5, 5.41) is 0. The fourth-order valence-electron chi connectivity index (χ4n) is 4.75. The minimum atomic E-state index is 0.0131. The van der Waals surface area contributed by atoms with Crippen LogP contribution in [0.3, 0.4) is 0 Å². The van der Waals surface area contributed by atoms with Gasteiger partial charge in [0.2, 0.25) is 5.91 Å². The number of piperazine rings is 1. The number of fused-ring (bicyclic) bond motifs is 1. The fraction of sp³-hybridized carbons (Fsp3) is 0.417. The quantitative estimate of drug-likeness (QED) is 0.627. The van der Waals surface area contributed by atoms with Crippen molar-refractivity contribution >= 4 is 28.4 Å². The Labute approximate surface area is 187 Å². The molecule has 5 rings (SSSR count). The molecule has 3 aromatic rings. The molecule has 0 radical (unpaired) electrons. The van der Waals surface area contributed by atoms with Gasteiger partial charge in [-0.25, -0.2) is 9.97 Å². The van der Waals surface area contributed by atoms with Crippen LogP contribution < -0.4 is 14.5 Å². The molecule has 8 heteroatoms. The fourth-order valence-corrected chi connectivity index (χ4v) is 4.75. The second kappa shape index (κ2) is 8.98. The van der Waals surface area contributed by atoms with Crippen molar-refractivity contribution in [1.82, 2.24) is 19.9 Å². The van der Waals surface area contributed by atoms with E-state index in [4.69, 9.17) is 4.74 Å². The zero-order valence-electron chi connectivity index (χ0n) is 18.4. The average Bonchev–Trinajstić information content (AvgIpc) is 2.88. The lowest BCUT2D eigenvalue weighted by atomic mass is 9.95. The van der Waals surface area contributed by atoms with E-state index in [-0.39, 0.29) is 11.8 Å². The third kappa shape index (κ3) is 4.04. The van der Waals surface area contributed by atoms with Gasteiger partial charge in [-0.3, -0.25) is 9.78 Å². The highest BCUT2D eigenvalue weighted by Crippen LogP contribution is 2.29. The van der Waals surface area contributed by atoms with Gasteiger partial charge in [-0.15, -0.1) is 0 Å². The molecule has 166 valence electrons. The number of benzene rings is 1. The van der Waals surface area contributed by atoms with E-state index >= 15 is 0 Å². The Morgan fingerprint density at radius 1 is 1.00 bits per heavy atom. The first-order chi connectivity index (χ1) is 15.7. The van der Waals surface area contributed by atoms with Crippen molar-refractivity contribution in [2.24, 2.45) is 5.92 Å². The Morgan fingerprint density at radius 2 is 1.81 bits per heavy atom. The molecule has 0 saturated carbocycles. The molecule has 0 bridgehead atoms. The van der Waals surface area contributed by atoms with Crippen LogP contribution in [0.15, 0.2) is 48.9 Å². The van der Waals surface area contributed by atoms with E-state index in [1.54, 1.807) is 19.5 Å². The molecule has 4 heterocycles. The summed E-state index contributed by atoms with van der Waals surface area (Å²) >= 11 is 0. The molecule has 0 aliphatic carbocycles. The van der Waals surface area contributed by atoms with Crippen LogP contribution in [0.5, 0.6) is 5.75 Å². The Kier molecular flexibility index (Phi) is 5.75. The van der Waals surface area contributed by atoms with Crippen molar-refractivity contribution in [2.75, 3.05) is 56.2 Å². The molecule has 0 spiro atoms. The van der Waals surface area contributed by atoms with Crippen molar-refractivity contribution in [1.29, 1.82) is 0 Å². The summed E-state index contributed by atoms with van der Waals surface area (Å²) in [6, 6.07) is 10.1. The summed E-state index contributed by atoms with van der Waals surface area (Å²) in [6.45, 7) is 4.75. The van der Waals surface area contributed by atoms with Crippen LogP contribution in [-0.4, -0.2) is 72.1 Å². The van der Waals surface area contributed by atoms with Crippen molar-refractivity contribution in [2.45, 2.75) is 12.8 Å². The van der Waals surface area contributed by atoms with Gasteiger partial charge in [-0.05, 0) is 31.0 Å². The number of anilines is 2. The standard InChI is InChI=1S/C24H28N6O2/c1-32-22-7-3-2-6-21(22)28-11-13-29(14-12-28)24(31)18-5-4-10-30(17-18)19-15-20-23(27-16-19)26-9-8-25-20/h2-3,6-9,15-16,18H,4-5,10-14,17H2,1H3. The molecule has 1 unspecified atom stereocenters. The summed E-state index contributed by atoms with van der Waals surface area (Å²) in [4.78, 5) is 33.0. The molecule has 8 nitrogen and oxygen atoms in total. The summed E-state index contributed by atoms with van der Waals surface area (Å²) < 4.78 is 5.51. The minimum absolute atomic E-state index is 0.0131.